The Labute approximate surface area is 112 Å². The number of halogens is 1. The summed E-state index contributed by atoms with van der Waals surface area (Å²) in [4.78, 5) is 1.46. The molecule has 1 aliphatic carbocycles. The summed E-state index contributed by atoms with van der Waals surface area (Å²) in [5.41, 5.74) is 1.41. The van der Waals surface area contributed by atoms with Crippen molar-refractivity contribution in [3.05, 3.63) is 20.8 Å². The van der Waals surface area contributed by atoms with Crippen molar-refractivity contribution in [2.75, 3.05) is 19.8 Å². The average molecular weight is 274 g/mol. The SMILES string of the molecule is CCCCOCCNC1CCc2sc(Cl)cc21. The zero-order valence-electron chi connectivity index (χ0n) is 10.3. The van der Waals surface area contributed by atoms with Crippen LogP contribution in [-0.4, -0.2) is 19.8 Å². The van der Waals surface area contributed by atoms with Gasteiger partial charge in [0.25, 0.3) is 0 Å². The van der Waals surface area contributed by atoms with E-state index in [1.807, 2.05) is 0 Å². The van der Waals surface area contributed by atoms with Crippen LogP contribution in [0.15, 0.2) is 6.07 Å². The van der Waals surface area contributed by atoms with Crippen LogP contribution in [-0.2, 0) is 11.2 Å². The van der Waals surface area contributed by atoms with Gasteiger partial charge in [0.1, 0.15) is 0 Å². The summed E-state index contributed by atoms with van der Waals surface area (Å²) in [6.07, 6.45) is 4.73. The summed E-state index contributed by atoms with van der Waals surface area (Å²) >= 11 is 7.75. The Hall–Kier alpha value is -0.0900. The van der Waals surface area contributed by atoms with Gasteiger partial charge in [0.05, 0.1) is 10.9 Å². The van der Waals surface area contributed by atoms with Crippen LogP contribution in [0.4, 0.5) is 0 Å². The standard InChI is InChI=1S/C13H20ClNOS/c1-2-3-7-16-8-6-15-11-4-5-12-10(11)9-13(14)17-12/h9,11,15H,2-8H2,1H3. The Bertz CT molecular complexity index is 353. The number of hydrogen-bond acceptors (Lipinski definition) is 3. The first-order valence-electron chi connectivity index (χ1n) is 6.40. The lowest BCUT2D eigenvalue weighted by Crippen LogP contribution is -2.23. The first-order valence-corrected chi connectivity index (χ1v) is 7.60. The van der Waals surface area contributed by atoms with Crippen molar-refractivity contribution in [1.29, 1.82) is 0 Å². The molecule has 0 bridgehead atoms. The minimum Gasteiger partial charge on any atom is -0.380 e. The van der Waals surface area contributed by atoms with Gasteiger partial charge in [-0.05, 0) is 30.9 Å². The highest BCUT2D eigenvalue weighted by Crippen LogP contribution is 2.39. The molecule has 0 aliphatic heterocycles. The number of nitrogens with one attached hydrogen (secondary N) is 1. The third-order valence-electron chi connectivity index (χ3n) is 3.13. The van der Waals surface area contributed by atoms with E-state index in [9.17, 15) is 0 Å². The molecule has 0 aromatic carbocycles. The lowest BCUT2D eigenvalue weighted by atomic mass is 10.2. The van der Waals surface area contributed by atoms with Crippen molar-refractivity contribution in [3.8, 4) is 0 Å². The van der Waals surface area contributed by atoms with Crippen molar-refractivity contribution >= 4 is 22.9 Å². The molecule has 0 radical (unpaired) electrons. The maximum Gasteiger partial charge on any atom is 0.0934 e. The summed E-state index contributed by atoms with van der Waals surface area (Å²) in [6.45, 7) is 4.81. The third-order valence-corrected chi connectivity index (χ3v) is 4.47. The number of rotatable bonds is 7. The van der Waals surface area contributed by atoms with E-state index in [0.717, 1.165) is 30.5 Å². The van der Waals surface area contributed by atoms with Gasteiger partial charge < -0.3 is 10.1 Å². The van der Waals surface area contributed by atoms with E-state index in [-0.39, 0.29) is 0 Å². The highest BCUT2D eigenvalue weighted by Gasteiger charge is 2.24. The molecule has 4 heteroatoms. The number of ether oxygens (including phenoxy) is 1. The number of fused-ring (bicyclic) bond motifs is 1. The highest BCUT2D eigenvalue weighted by molar-refractivity contribution is 7.16. The summed E-state index contributed by atoms with van der Waals surface area (Å²) in [5.74, 6) is 0. The number of thiophene rings is 1. The minimum atomic E-state index is 0.489. The first-order chi connectivity index (χ1) is 8.31. The van der Waals surface area contributed by atoms with Gasteiger partial charge >= 0.3 is 0 Å². The number of unbranched alkanes of at least 4 members (excludes halogenated alkanes) is 1. The normalized spacial score (nSPS) is 18.6. The Morgan fingerprint density at radius 1 is 1.53 bits per heavy atom. The maximum absolute atomic E-state index is 6.03. The summed E-state index contributed by atoms with van der Waals surface area (Å²) < 4.78 is 6.46. The largest absolute Gasteiger partial charge is 0.380 e. The van der Waals surface area contributed by atoms with E-state index >= 15 is 0 Å². The fraction of sp³-hybridized carbons (Fsp3) is 0.692. The fourth-order valence-electron chi connectivity index (χ4n) is 2.20. The van der Waals surface area contributed by atoms with Crippen LogP contribution in [0, 0.1) is 0 Å². The number of aryl methyl sites for hydroxylation is 1. The van der Waals surface area contributed by atoms with Gasteiger partial charge in [-0.2, -0.15) is 0 Å². The van der Waals surface area contributed by atoms with Gasteiger partial charge in [-0.3, -0.25) is 0 Å². The molecule has 0 amide bonds. The second kappa shape index (κ2) is 6.74. The average Bonchev–Trinajstić information content (AvgIpc) is 2.83. The molecular weight excluding hydrogens is 254 g/mol. The van der Waals surface area contributed by atoms with Gasteiger partial charge in [-0.1, -0.05) is 24.9 Å². The van der Waals surface area contributed by atoms with Crippen LogP contribution in [0.3, 0.4) is 0 Å². The van der Waals surface area contributed by atoms with Gasteiger partial charge in [-0.15, -0.1) is 11.3 Å². The Morgan fingerprint density at radius 2 is 2.41 bits per heavy atom. The van der Waals surface area contributed by atoms with Crippen molar-refractivity contribution in [1.82, 2.24) is 5.32 Å². The molecule has 96 valence electrons. The zero-order valence-corrected chi connectivity index (χ0v) is 11.9. The molecule has 0 fully saturated rings. The minimum absolute atomic E-state index is 0.489. The summed E-state index contributed by atoms with van der Waals surface area (Å²) in [7, 11) is 0. The monoisotopic (exact) mass is 273 g/mol. The van der Waals surface area contributed by atoms with Gasteiger partial charge in [0.2, 0.25) is 0 Å². The van der Waals surface area contributed by atoms with Crippen LogP contribution in [0.25, 0.3) is 0 Å². The maximum atomic E-state index is 6.03. The molecule has 17 heavy (non-hydrogen) atoms. The van der Waals surface area contributed by atoms with Crippen molar-refractivity contribution in [2.24, 2.45) is 0 Å². The Kier molecular flexibility index (Phi) is 5.29. The molecule has 1 unspecified atom stereocenters. The topological polar surface area (TPSA) is 21.3 Å². The molecule has 0 spiro atoms. The molecule has 1 aromatic heterocycles. The van der Waals surface area contributed by atoms with Gasteiger partial charge in [0, 0.05) is 24.1 Å². The highest BCUT2D eigenvalue weighted by atomic mass is 35.5. The molecule has 2 rings (SSSR count). The quantitative estimate of drug-likeness (QED) is 0.763. The first kappa shape index (κ1) is 13.3. The van der Waals surface area contributed by atoms with Crippen LogP contribution >= 0.6 is 22.9 Å². The molecule has 1 N–H and O–H groups in total. The van der Waals surface area contributed by atoms with E-state index in [1.54, 1.807) is 11.3 Å². The third kappa shape index (κ3) is 3.68. The zero-order chi connectivity index (χ0) is 12.1. The van der Waals surface area contributed by atoms with E-state index in [4.69, 9.17) is 16.3 Å². The Morgan fingerprint density at radius 3 is 3.24 bits per heavy atom. The van der Waals surface area contributed by atoms with Crippen molar-refractivity contribution < 1.29 is 4.74 Å². The Balaban J connectivity index is 1.67. The van der Waals surface area contributed by atoms with Crippen molar-refractivity contribution in [3.63, 3.8) is 0 Å². The van der Waals surface area contributed by atoms with Crippen LogP contribution < -0.4 is 5.32 Å². The second-order valence-corrected chi connectivity index (χ2v) is 6.21. The van der Waals surface area contributed by atoms with Crippen LogP contribution in [0.5, 0.6) is 0 Å². The van der Waals surface area contributed by atoms with Crippen LogP contribution in [0.1, 0.15) is 42.7 Å². The predicted octanol–water partition coefficient (Wildman–Crippen LogP) is 3.80. The molecule has 1 aliphatic rings. The lowest BCUT2D eigenvalue weighted by molar-refractivity contribution is 0.131. The number of hydrogen-bond donors (Lipinski definition) is 1. The molecule has 0 saturated heterocycles. The molecule has 1 heterocycles. The fourth-order valence-corrected chi connectivity index (χ4v) is 3.55. The van der Waals surface area contributed by atoms with Crippen molar-refractivity contribution in [2.45, 2.75) is 38.6 Å². The summed E-state index contributed by atoms with van der Waals surface area (Å²) in [5, 5.41) is 3.55. The molecule has 1 aromatic rings. The molecular formula is C13H20ClNOS. The summed E-state index contributed by atoms with van der Waals surface area (Å²) in [6, 6.07) is 2.60. The molecule has 1 atom stereocenters. The smallest absolute Gasteiger partial charge is 0.0934 e. The van der Waals surface area contributed by atoms with E-state index in [2.05, 4.69) is 18.3 Å². The molecule has 2 nitrogen and oxygen atoms in total. The van der Waals surface area contributed by atoms with Gasteiger partial charge in [0.15, 0.2) is 0 Å². The van der Waals surface area contributed by atoms with E-state index in [1.165, 1.54) is 29.7 Å². The second-order valence-electron chi connectivity index (χ2n) is 4.44. The van der Waals surface area contributed by atoms with Crippen LogP contribution in [0.2, 0.25) is 4.34 Å². The molecule has 0 saturated carbocycles. The van der Waals surface area contributed by atoms with E-state index in [0.29, 0.717) is 6.04 Å². The lowest BCUT2D eigenvalue weighted by Gasteiger charge is -2.12. The van der Waals surface area contributed by atoms with Gasteiger partial charge in [-0.25, -0.2) is 0 Å². The van der Waals surface area contributed by atoms with E-state index < -0.39 is 0 Å². The predicted molar refractivity (Wildman–Crippen MR) is 74.1 cm³/mol.